The summed E-state index contributed by atoms with van der Waals surface area (Å²) in [7, 11) is 0. The molecule has 1 heterocycles. The van der Waals surface area contributed by atoms with Crippen LogP contribution in [0.4, 0.5) is 0 Å². The van der Waals surface area contributed by atoms with Crippen LogP contribution in [0.1, 0.15) is 41.6 Å². The quantitative estimate of drug-likeness (QED) is 0.570. The maximum atomic E-state index is 12.0. The second-order valence-electron chi connectivity index (χ2n) is 5.54. The van der Waals surface area contributed by atoms with Crippen LogP contribution in [0.2, 0.25) is 0 Å². The summed E-state index contributed by atoms with van der Waals surface area (Å²) < 4.78 is 0. The van der Waals surface area contributed by atoms with Crippen LogP contribution in [0.25, 0.3) is 6.08 Å². The Bertz CT molecular complexity index is 569. The minimum absolute atomic E-state index is 0.0499. The molecule has 2 heteroatoms. The van der Waals surface area contributed by atoms with Gasteiger partial charge in [0.05, 0.1) is 0 Å². The first-order valence-corrected chi connectivity index (χ1v) is 7.21. The van der Waals surface area contributed by atoms with E-state index in [0.29, 0.717) is 0 Å². The lowest BCUT2D eigenvalue weighted by Crippen LogP contribution is -2.11. The van der Waals surface area contributed by atoms with Crippen LogP contribution in [0, 0.1) is 0 Å². The van der Waals surface area contributed by atoms with E-state index < -0.39 is 0 Å². The maximum absolute atomic E-state index is 12.0. The van der Waals surface area contributed by atoms with E-state index in [9.17, 15) is 4.79 Å². The van der Waals surface area contributed by atoms with E-state index in [1.54, 1.807) is 17.4 Å². The van der Waals surface area contributed by atoms with Gasteiger partial charge in [-0.15, -0.1) is 11.3 Å². The van der Waals surface area contributed by atoms with Gasteiger partial charge in [-0.25, -0.2) is 0 Å². The topological polar surface area (TPSA) is 17.1 Å². The van der Waals surface area contributed by atoms with Crippen molar-refractivity contribution >= 4 is 23.2 Å². The summed E-state index contributed by atoms with van der Waals surface area (Å²) in [5.41, 5.74) is 2.10. The average Bonchev–Trinajstić information content (AvgIpc) is 2.88. The molecule has 0 spiro atoms. The number of carbonyl (C=O) groups is 1. The minimum atomic E-state index is 0.0499. The Kier molecular flexibility index (Phi) is 4.01. The van der Waals surface area contributed by atoms with Gasteiger partial charge in [0, 0.05) is 10.4 Å². The van der Waals surface area contributed by atoms with Gasteiger partial charge in [0.25, 0.3) is 0 Å². The first-order chi connectivity index (χ1) is 8.97. The molecule has 0 aliphatic rings. The summed E-state index contributed by atoms with van der Waals surface area (Å²) in [4.78, 5) is 13.1. The zero-order chi connectivity index (χ0) is 13.9. The summed E-state index contributed by atoms with van der Waals surface area (Å²) >= 11 is 1.63. The number of ketones is 1. The fourth-order valence-corrected chi connectivity index (χ4v) is 2.39. The number of allylic oxidation sites excluding steroid dienone is 1. The number of thiophene rings is 1. The van der Waals surface area contributed by atoms with Crippen molar-refractivity contribution in [2.45, 2.75) is 26.2 Å². The Hall–Kier alpha value is -1.67. The Morgan fingerprint density at radius 1 is 1.11 bits per heavy atom. The molecule has 1 aromatic heterocycles. The van der Waals surface area contributed by atoms with Crippen LogP contribution >= 0.6 is 11.3 Å². The molecular formula is C17H18OS. The molecule has 0 saturated carbocycles. The van der Waals surface area contributed by atoms with Crippen molar-refractivity contribution in [1.29, 1.82) is 0 Å². The third-order valence-corrected chi connectivity index (χ3v) is 3.82. The van der Waals surface area contributed by atoms with Crippen molar-refractivity contribution in [2.75, 3.05) is 0 Å². The van der Waals surface area contributed by atoms with Crippen molar-refractivity contribution < 1.29 is 4.79 Å². The van der Waals surface area contributed by atoms with E-state index in [2.05, 4.69) is 20.8 Å². The molecule has 0 amide bonds. The predicted molar refractivity (Wildman–Crippen MR) is 82.8 cm³/mol. The highest BCUT2D eigenvalue weighted by molar-refractivity contribution is 7.10. The molecule has 98 valence electrons. The summed E-state index contributed by atoms with van der Waals surface area (Å²) in [6.45, 7) is 6.50. The number of hydrogen-bond acceptors (Lipinski definition) is 2. The van der Waals surface area contributed by atoms with Gasteiger partial charge >= 0.3 is 0 Å². The SMILES string of the molecule is CC(C)(C)c1ccc(C(=O)/C=C/c2cccs2)cc1. The zero-order valence-electron chi connectivity index (χ0n) is 11.5. The lowest BCUT2D eigenvalue weighted by Gasteiger charge is -2.18. The van der Waals surface area contributed by atoms with Crippen molar-refractivity contribution in [2.24, 2.45) is 0 Å². The monoisotopic (exact) mass is 270 g/mol. The lowest BCUT2D eigenvalue weighted by atomic mass is 9.86. The number of hydrogen-bond donors (Lipinski definition) is 0. The highest BCUT2D eigenvalue weighted by atomic mass is 32.1. The molecule has 2 rings (SSSR count). The van der Waals surface area contributed by atoms with Gasteiger partial charge < -0.3 is 0 Å². The second kappa shape index (κ2) is 5.54. The summed E-state index contributed by atoms with van der Waals surface area (Å²) in [5.74, 6) is 0.0499. The Morgan fingerprint density at radius 2 is 1.79 bits per heavy atom. The molecule has 0 unspecified atom stereocenters. The summed E-state index contributed by atoms with van der Waals surface area (Å²) in [6, 6.07) is 11.9. The van der Waals surface area contributed by atoms with Crippen LogP contribution in [0.15, 0.2) is 47.9 Å². The van der Waals surface area contributed by atoms with Gasteiger partial charge in [0.15, 0.2) is 5.78 Å². The van der Waals surface area contributed by atoms with Crippen LogP contribution in [0.5, 0.6) is 0 Å². The van der Waals surface area contributed by atoms with Crippen molar-refractivity contribution in [3.05, 3.63) is 63.9 Å². The standard InChI is InChI=1S/C17H18OS/c1-17(2,3)14-8-6-13(7-9-14)16(18)11-10-15-5-4-12-19-15/h4-12H,1-3H3/b11-10+. The second-order valence-corrected chi connectivity index (χ2v) is 6.52. The van der Waals surface area contributed by atoms with E-state index >= 15 is 0 Å². The molecule has 0 N–H and O–H groups in total. The van der Waals surface area contributed by atoms with Crippen molar-refractivity contribution in [3.8, 4) is 0 Å². The molecule has 0 fully saturated rings. The largest absolute Gasteiger partial charge is 0.289 e. The predicted octanol–water partition coefficient (Wildman–Crippen LogP) is 4.94. The van der Waals surface area contributed by atoms with Gasteiger partial charge in [-0.2, -0.15) is 0 Å². The average molecular weight is 270 g/mol. The van der Waals surface area contributed by atoms with E-state index in [1.165, 1.54) is 5.56 Å². The molecule has 2 aromatic rings. The molecule has 0 atom stereocenters. The van der Waals surface area contributed by atoms with Crippen molar-refractivity contribution in [3.63, 3.8) is 0 Å². The van der Waals surface area contributed by atoms with Crippen LogP contribution in [0.3, 0.4) is 0 Å². The van der Waals surface area contributed by atoms with Gasteiger partial charge in [-0.1, -0.05) is 51.1 Å². The Balaban J connectivity index is 2.12. The Labute approximate surface area is 118 Å². The van der Waals surface area contributed by atoms with E-state index in [0.717, 1.165) is 10.4 Å². The number of carbonyl (C=O) groups excluding carboxylic acids is 1. The smallest absolute Gasteiger partial charge is 0.185 e. The first-order valence-electron chi connectivity index (χ1n) is 6.33. The molecule has 19 heavy (non-hydrogen) atoms. The molecular weight excluding hydrogens is 252 g/mol. The zero-order valence-corrected chi connectivity index (χ0v) is 12.3. The maximum Gasteiger partial charge on any atom is 0.185 e. The Morgan fingerprint density at radius 3 is 2.32 bits per heavy atom. The highest BCUT2D eigenvalue weighted by Crippen LogP contribution is 2.22. The molecule has 0 aliphatic carbocycles. The van der Waals surface area contributed by atoms with Gasteiger partial charge in [0.2, 0.25) is 0 Å². The molecule has 0 saturated heterocycles. The van der Waals surface area contributed by atoms with Crippen LogP contribution in [-0.2, 0) is 5.41 Å². The first kappa shape index (κ1) is 13.8. The summed E-state index contributed by atoms with van der Waals surface area (Å²) in [6.07, 6.45) is 3.50. The third-order valence-electron chi connectivity index (χ3n) is 2.98. The van der Waals surface area contributed by atoms with E-state index in [-0.39, 0.29) is 11.2 Å². The van der Waals surface area contributed by atoms with E-state index in [1.807, 2.05) is 47.9 Å². The van der Waals surface area contributed by atoms with E-state index in [4.69, 9.17) is 0 Å². The van der Waals surface area contributed by atoms with Gasteiger partial charge in [0.1, 0.15) is 0 Å². The van der Waals surface area contributed by atoms with Crippen LogP contribution in [-0.4, -0.2) is 5.78 Å². The van der Waals surface area contributed by atoms with Gasteiger partial charge in [-0.3, -0.25) is 4.79 Å². The van der Waals surface area contributed by atoms with Gasteiger partial charge in [-0.05, 0) is 34.6 Å². The minimum Gasteiger partial charge on any atom is -0.289 e. The number of rotatable bonds is 3. The molecule has 0 aliphatic heterocycles. The number of benzene rings is 1. The highest BCUT2D eigenvalue weighted by Gasteiger charge is 2.13. The third kappa shape index (κ3) is 3.65. The molecule has 0 radical (unpaired) electrons. The fraction of sp³-hybridized carbons (Fsp3) is 0.235. The van der Waals surface area contributed by atoms with Crippen LogP contribution < -0.4 is 0 Å². The lowest BCUT2D eigenvalue weighted by molar-refractivity contribution is 0.104. The molecule has 1 aromatic carbocycles. The molecule has 0 bridgehead atoms. The molecule has 1 nitrogen and oxygen atoms in total. The normalized spacial score (nSPS) is 11.9. The van der Waals surface area contributed by atoms with Crippen molar-refractivity contribution in [1.82, 2.24) is 0 Å². The summed E-state index contributed by atoms with van der Waals surface area (Å²) in [5, 5.41) is 2.00. The fourth-order valence-electron chi connectivity index (χ4n) is 1.77.